The van der Waals surface area contributed by atoms with Crippen molar-refractivity contribution < 1.29 is 13.9 Å². The van der Waals surface area contributed by atoms with Crippen LogP contribution >= 0.6 is 0 Å². The van der Waals surface area contributed by atoms with Crippen molar-refractivity contribution in [3.63, 3.8) is 0 Å². The summed E-state index contributed by atoms with van der Waals surface area (Å²) in [7, 11) is 3.23. The maximum absolute atomic E-state index is 13.6. The third kappa shape index (κ3) is 4.18. The van der Waals surface area contributed by atoms with Crippen LogP contribution in [0.1, 0.15) is 29.6 Å². The number of nitrogens with zero attached hydrogens (tertiary/aromatic N) is 5. The van der Waals surface area contributed by atoms with Crippen molar-refractivity contribution in [1.82, 2.24) is 24.5 Å². The molecule has 1 N–H and O–H groups in total. The predicted molar refractivity (Wildman–Crippen MR) is 138 cm³/mol. The molecule has 2 atom stereocenters. The average molecular weight is 497 g/mol. The maximum Gasteiger partial charge on any atom is 0.222 e. The minimum Gasteiger partial charge on any atom is -0.493 e. The van der Waals surface area contributed by atoms with Gasteiger partial charge < -0.3 is 14.8 Å². The number of hydrogen-bond acceptors (Lipinski definition) is 6. The summed E-state index contributed by atoms with van der Waals surface area (Å²) in [6.07, 6.45) is 4.26. The lowest BCUT2D eigenvalue weighted by atomic mass is 9.92. The highest BCUT2D eigenvalue weighted by Crippen LogP contribution is 2.42. The highest BCUT2D eigenvalue weighted by Gasteiger charge is 2.33. The lowest BCUT2D eigenvalue weighted by Gasteiger charge is -2.31. The van der Waals surface area contributed by atoms with E-state index in [-0.39, 0.29) is 17.9 Å². The van der Waals surface area contributed by atoms with E-state index < -0.39 is 0 Å². The molecule has 9 heteroatoms. The molecule has 3 aromatic carbocycles. The highest BCUT2D eigenvalue weighted by molar-refractivity contribution is 5.68. The van der Waals surface area contributed by atoms with Crippen LogP contribution in [0.3, 0.4) is 0 Å². The molecule has 0 saturated carbocycles. The van der Waals surface area contributed by atoms with Crippen LogP contribution < -0.4 is 14.8 Å². The zero-order valence-corrected chi connectivity index (χ0v) is 20.4. The van der Waals surface area contributed by atoms with Crippen molar-refractivity contribution in [3.05, 3.63) is 102 Å². The number of fused-ring (bicyclic) bond motifs is 1. The molecule has 2 aromatic heterocycles. The molecule has 186 valence electrons. The van der Waals surface area contributed by atoms with E-state index in [2.05, 4.69) is 15.4 Å². The van der Waals surface area contributed by atoms with Crippen LogP contribution in [0.2, 0.25) is 0 Å². The Labute approximate surface area is 213 Å². The molecule has 0 fully saturated rings. The molecule has 3 heterocycles. The largest absolute Gasteiger partial charge is 0.493 e. The zero-order chi connectivity index (χ0) is 25.4. The standard InChI is InChI=1S/C28H25FN6O2/c1-36-25-13-10-19(14-26(25)37-2)27-22(16-34(33-27)21-6-4-3-5-7-21)24-15-23(18-8-11-20(29)12-9-18)32-28-30-17-31-35(24)28/h3-14,16-17,23-24H,15H2,1-2H3,(H,30,31,32)/t23-,24-/m0/s1. The van der Waals surface area contributed by atoms with E-state index in [9.17, 15) is 4.39 Å². The second-order valence-corrected chi connectivity index (χ2v) is 8.81. The molecule has 5 aromatic rings. The number of methoxy groups -OCH3 is 2. The van der Waals surface area contributed by atoms with Gasteiger partial charge in [0.15, 0.2) is 11.5 Å². The monoisotopic (exact) mass is 496 g/mol. The first-order valence-electron chi connectivity index (χ1n) is 11.9. The van der Waals surface area contributed by atoms with E-state index in [1.54, 1.807) is 32.7 Å². The summed E-state index contributed by atoms with van der Waals surface area (Å²) >= 11 is 0. The molecular formula is C28H25FN6O2. The van der Waals surface area contributed by atoms with Gasteiger partial charge in [-0.3, -0.25) is 0 Å². The van der Waals surface area contributed by atoms with Gasteiger partial charge in [-0.15, -0.1) is 0 Å². The third-order valence-corrected chi connectivity index (χ3v) is 6.68. The fraction of sp³-hybridized carbons (Fsp3) is 0.179. The molecule has 0 aliphatic carbocycles. The smallest absolute Gasteiger partial charge is 0.222 e. The van der Waals surface area contributed by atoms with Crippen LogP contribution in [0.4, 0.5) is 10.3 Å². The second-order valence-electron chi connectivity index (χ2n) is 8.81. The molecule has 0 unspecified atom stereocenters. The summed E-state index contributed by atoms with van der Waals surface area (Å²) in [6, 6.07) is 22.1. The minimum absolute atomic E-state index is 0.0828. The number of anilines is 1. The number of nitrogens with one attached hydrogen (secondary N) is 1. The summed E-state index contributed by atoms with van der Waals surface area (Å²) < 4.78 is 28.4. The number of hydrogen-bond donors (Lipinski definition) is 1. The zero-order valence-electron chi connectivity index (χ0n) is 20.4. The third-order valence-electron chi connectivity index (χ3n) is 6.68. The molecule has 37 heavy (non-hydrogen) atoms. The van der Waals surface area contributed by atoms with E-state index in [1.807, 2.05) is 64.1 Å². The molecule has 8 nitrogen and oxygen atoms in total. The van der Waals surface area contributed by atoms with Crippen molar-refractivity contribution in [3.8, 4) is 28.4 Å². The number of aromatic nitrogens is 5. The van der Waals surface area contributed by atoms with Gasteiger partial charge in [-0.2, -0.15) is 15.2 Å². The minimum atomic E-state index is -0.265. The summed E-state index contributed by atoms with van der Waals surface area (Å²) in [6.45, 7) is 0. The normalized spacial score (nSPS) is 16.6. The Bertz CT molecular complexity index is 1530. The van der Waals surface area contributed by atoms with E-state index >= 15 is 0 Å². The fourth-order valence-electron chi connectivity index (χ4n) is 4.84. The molecule has 0 amide bonds. The molecule has 1 aliphatic rings. The quantitative estimate of drug-likeness (QED) is 0.338. The number of para-hydroxylation sites is 1. The van der Waals surface area contributed by atoms with Crippen molar-refractivity contribution in [2.45, 2.75) is 18.5 Å². The summed E-state index contributed by atoms with van der Waals surface area (Å²) in [4.78, 5) is 4.45. The Morgan fingerprint density at radius 3 is 2.49 bits per heavy atom. The fourth-order valence-corrected chi connectivity index (χ4v) is 4.84. The second kappa shape index (κ2) is 9.42. The Kier molecular flexibility index (Phi) is 5.80. The van der Waals surface area contributed by atoms with Crippen molar-refractivity contribution in [2.75, 3.05) is 19.5 Å². The number of halogens is 1. The van der Waals surface area contributed by atoms with E-state index in [1.165, 1.54) is 12.1 Å². The predicted octanol–water partition coefficient (Wildman–Crippen LogP) is 5.43. The molecular weight excluding hydrogens is 471 g/mol. The van der Waals surface area contributed by atoms with Gasteiger partial charge in [0.2, 0.25) is 5.95 Å². The molecule has 1 aliphatic heterocycles. The average Bonchev–Trinajstić information content (AvgIpc) is 3.61. The van der Waals surface area contributed by atoms with Gasteiger partial charge in [-0.1, -0.05) is 30.3 Å². The van der Waals surface area contributed by atoms with Crippen molar-refractivity contribution in [1.29, 1.82) is 0 Å². The van der Waals surface area contributed by atoms with Gasteiger partial charge in [0.05, 0.1) is 37.7 Å². The van der Waals surface area contributed by atoms with Crippen LogP contribution in [0.15, 0.2) is 85.3 Å². The lowest BCUT2D eigenvalue weighted by molar-refractivity contribution is 0.355. The van der Waals surface area contributed by atoms with Crippen molar-refractivity contribution in [2.24, 2.45) is 0 Å². The van der Waals surface area contributed by atoms with Crippen LogP contribution in [-0.4, -0.2) is 38.8 Å². The number of rotatable bonds is 6. The lowest BCUT2D eigenvalue weighted by Crippen LogP contribution is -2.28. The van der Waals surface area contributed by atoms with Crippen LogP contribution in [0, 0.1) is 5.82 Å². The van der Waals surface area contributed by atoms with E-state index in [0.717, 1.165) is 28.1 Å². The first-order chi connectivity index (χ1) is 18.1. The topological polar surface area (TPSA) is 79.0 Å². The summed E-state index contributed by atoms with van der Waals surface area (Å²) in [5.41, 5.74) is 4.59. The Morgan fingerprint density at radius 2 is 1.73 bits per heavy atom. The summed E-state index contributed by atoms with van der Waals surface area (Å²) in [5.74, 6) is 1.65. The van der Waals surface area contributed by atoms with Gasteiger partial charge in [0.25, 0.3) is 0 Å². The van der Waals surface area contributed by atoms with Gasteiger partial charge >= 0.3 is 0 Å². The Balaban J connectivity index is 1.50. The van der Waals surface area contributed by atoms with E-state index in [0.29, 0.717) is 23.9 Å². The number of ether oxygens (including phenoxy) is 2. The Morgan fingerprint density at radius 1 is 0.946 bits per heavy atom. The number of benzene rings is 3. The first kappa shape index (κ1) is 22.8. The van der Waals surface area contributed by atoms with Crippen LogP contribution in [0.5, 0.6) is 11.5 Å². The summed E-state index contributed by atoms with van der Waals surface area (Å²) in [5, 5.41) is 13.0. The molecule has 0 spiro atoms. The van der Waals surface area contributed by atoms with Gasteiger partial charge in [-0.25, -0.2) is 13.8 Å². The molecule has 0 bridgehead atoms. The first-order valence-corrected chi connectivity index (χ1v) is 11.9. The van der Waals surface area contributed by atoms with Crippen LogP contribution in [0.25, 0.3) is 16.9 Å². The highest BCUT2D eigenvalue weighted by atomic mass is 19.1. The molecule has 0 saturated heterocycles. The Hall–Kier alpha value is -4.66. The van der Waals surface area contributed by atoms with E-state index in [4.69, 9.17) is 14.6 Å². The SMILES string of the molecule is COc1ccc(-c2nn(-c3ccccc3)cc2[C@@H]2C[C@@H](c3ccc(F)cc3)Nc3ncnn32)cc1OC. The molecule has 6 rings (SSSR count). The van der Waals surface area contributed by atoms with Gasteiger partial charge in [0.1, 0.15) is 12.1 Å². The molecule has 0 radical (unpaired) electrons. The van der Waals surface area contributed by atoms with Crippen LogP contribution in [-0.2, 0) is 0 Å². The van der Waals surface area contributed by atoms with Gasteiger partial charge in [0, 0.05) is 17.3 Å². The van der Waals surface area contributed by atoms with Crippen molar-refractivity contribution >= 4 is 5.95 Å². The van der Waals surface area contributed by atoms with Gasteiger partial charge in [-0.05, 0) is 54.4 Å². The maximum atomic E-state index is 13.6.